The molecule has 0 aliphatic carbocycles. The first-order valence-electron chi connectivity index (χ1n) is 6.21. The highest BCUT2D eigenvalue weighted by Crippen LogP contribution is 2.29. The number of hydrogen-bond donors (Lipinski definition) is 1. The molecule has 0 saturated heterocycles. The predicted octanol–water partition coefficient (Wildman–Crippen LogP) is 3.30. The topological polar surface area (TPSA) is 47.3 Å². The van der Waals surface area contributed by atoms with E-state index in [1.165, 1.54) is 0 Å². The van der Waals surface area contributed by atoms with Gasteiger partial charge in [-0.1, -0.05) is 22.0 Å². The summed E-state index contributed by atoms with van der Waals surface area (Å²) < 4.78 is 8.56. The van der Waals surface area contributed by atoms with Gasteiger partial charge in [-0.05, 0) is 26.0 Å². The fraction of sp³-hybridized carbons (Fsp3) is 0.357. The third-order valence-electron chi connectivity index (χ3n) is 2.83. The van der Waals surface area contributed by atoms with E-state index >= 15 is 0 Å². The lowest BCUT2D eigenvalue weighted by molar-refractivity contribution is 0.190. The van der Waals surface area contributed by atoms with Gasteiger partial charge in [-0.3, -0.25) is 4.68 Å². The van der Waals surface area contributed by atoms with Crippen molar-refractivity contribution in [2.75, 3.05) is 0 Å². The molecule has 0 radical (unpaired) electrons. The van der Waals surface area contributed by atoms with E-state index in [4.69, 9.17) is 4.74 Å². The molecule has 2 rings (SSSR count). The highest BCUT2D eigenvalue weighted by atomic mass is 79.9. The minimum absolute atomic E-state index is 0.441. The average molecular weight is 325 g/mol. The molecule has 0 aliphatic heterocycles. The van der Waals surface area contributed by atoms with Crippen molar-refractivity contribution < 1.29 is 9.84 Å². The molecule has 102 valence electrons. The molecule has 1 aromatic carbocycles. The molecule has 0 amide bonds. The fourth-order valence-corrected chi connectivity index (χ4v) is 2.13. The maximum atomic E-state index is 9.72. The number of aromatic nitrogens is 2. The van der Waals surface area contributed by atoms with Crippen molar-refractivity contribution in [3.63, 3.8) is 0 Å². The lowest BCUT2D eigenvalue weighted by Crippen LogP contribution is -2.00. The zero-order valence-corrected chi connectivity index (χ0v) is 12.6. The summed E-state index contributed by atoms with van der Waals surface area (Å²) in [5.74, 6) is 0.689. The molecule has 1 heterocycles. The van der Waals surface area contributed by atoms with Crippen molar-refractivity contribution in [2.24, 2.45) is 0 Å². The van der Waals surface area contributed by atoms with Gasteiger partial charge in [0, 0.05) is 28.3 Å². The van der Waals surface area contributed by atoms with Crippen molar-refractivity contribution in [1.29, 1.82) is 0 Å². The van der Waals surface area contributed by atoms with Gasteiger partial charge in [-0.25, -0.2) is 0 Å². The van der Waals surface area contributed by atoms with E-state index in [1.807, 2.05) is 36.0 Å². The summed E-state index contributed by atoms with van der Waals surface area (Å²) in [5.41, 5.74) is 1.80. The first-order chi connectivity index (χ1) is 9.10. The summed E-state index contributed by atoms with van der Waals surface area (Å²) in [7, 11) is 0. The number of nitrogens with zero attached hydrogens (tertiary/aromatic N) is 2. The number of aryl methyl sites for hydroxylation is 1. The zero-order chi connectivity index (χ0) is 13.8. The first-order valence-corrected chi connectivity index (χ1v) is 7.01. The van der Waals surface area contributed by atoms with Crippen LogP contribution in [0.15, 0.2) is 35.1 Å². The predicted molar refractivity (Wildman–Crippen MR) is 77.0 cm³/mol. The van der Waals surface area contributed by atoms with E-state index in [0.29, 0.717) is 12.4 Å². The van der Waals surface area contributed by atoms with E-state index in [1.54, 1.807) is 13.1 Å². The van der Waals surface area contributed by atoms with Crippen molar-refractivity contribution >= 4 is 15.9 Å². The van der Waals surface area contributed by atoms with Gasteiger partial charge in [0.05, 0.1) is 12.3 Å². The highest BCUT2D eigenvalue weighted by molar-refractivity contribution is 9.10. The SMILES string of the molecule is CCn1cc(COc2cc(Br)ccc2C(C)O)cn1. The number of hydrogen-bond acceptors (Lipinski definition) is 3. The zero-order valence-electron chi connectivity index (χ0n) is 11.0. The van der Waals surface area contributed by atoms with Crippen LogP contribution in [0.25, 0.3) is 0 Å². The Balaban J connectivity index is 2.12. The lowest BCUT2D eigenvalue weighted by atomic mass is 10.1. The molecular formula is C14H17BrN2O2. The van der Waals surface area contributed by atoms with Gasteiger partial charge in [0.25, 0.3) is 0 Å². The van der Waals surface area contributed by atoms with Crippen LogP contribution >= 0.6 is 15.9 Å². The number of aliphatic hydroxyl groups is 1. The van der Waals surface area contributed by atoms with E-state index in [0.717, 1.165) is 22.1 Å². The van der Waals surface area contributed by atoms with Crippen LogP contribution in [0, 0.1) is 0 Å². The number of ether oxygens (including phenoxy) is 1. The van der Waals surface area contributed by atoms with Gasteiger partial charge >= 0.3 is 0 Å². The van der Waals surface area contributed by atoms with Crippen LogP contribution < -0.4 is 4.74 Å². The van der Waals surface area contributed by atoms with Crippen LogP contribution in [0.5, 0.6) is 5.75 Å². The smallest absolute Gasteiger partial charge is 0.126 e. The number of rotatable bonds is 5. The molecule has 0 spiro atoms. The van der Waals surface area contributed by atoms with Gasteiger partial charge in [0.1, 0.15) is 12.4 Å². The summed E-state index contributed by atoms with van der Waals surface area (Å²) in [6.45, 7) is 5.05. The molecular weight excluding hydrogens is 308 g/mol. The number of benzene rings is 1. The molecule has 0 saturated carbocycles. The van der Waals surface area contributed by atoms with Gasteiger partial charge in [-0.2, -0.15) is 5.10 Å². The van der Waals surface area contributed by atoms with Gasteiger partial charge in [0.2, 0.25) is 0 Å². The molecule has 4 nitrogen and oxygen atoms in total. The van der Waals surface area contributed by atoms with E-state index < -0.39 is 6.10 Å². The Bertz CT molecular complexity index is 552. The minimum atomic E-state index is -0.554. The van der Waals surface area contributed by atoms with Gasteiger partial charge in [0.15, 0.2) is 0 Å². The normalized spacial score (nSPS) is 12.4. The number of aliphatic hydroxyl groups excluding tert-OH is 1. The first kappa shape index (κ1) is 14.1. The van der Waals surface area contributed by atoms with Gasteiger partial charge in [-0.15, -0.1) is 0 Å². The quantitative estimate of drug-likeness (QED) is 0.917. The maximum absolute atomic E-state index is 9.72. The standard InChI is InChI=1S/C14H17BrN2O2/c1-3-17-8-11(7-16-17)9-19-14-6-12(15)4-5-13(14)10(2)18/h4-8,10,18H,3,9H2,1-2H3. The second kappa shape index (κ2) is 6.21. The number of halogens is 1. The second-order valence-corrected chi connectivity index (χ2v) is 5.27. The molecule has 0 bridgehead atoms. The summed E-state index contributed by atoms with van der Waals surface area (Å²) in [6.07, 6.45) is 3.20. The third-order valence-corrected chi connectivity index (χ3v) is 3.32. The maximum Gasteiger partial charge on any atom is 0.126 e. The molecule has 1 unspecified atom stereocenters. The van der Waals surface area contributed by atoms with Crippen LogP contribution in [0.4, 0.5) is 0 Å². The Morgan fingerprint density at radius 3 is 2.89 bits per heavy atom. The average Bonchev–Trinajstić information content (AvgIpc) is 2.84. The Morgan fingerprint density at radius 1 is 1.47 bits per heavy atom. The third kappa shape index (κ3) is 3.58. The molecule has 2 aromatic rings. The van der Waals surface area contributed by atoms with Crippen molar-refractivity contribution in [2.45, 2.75) is 33.1 Å². The van der Waals surface area contributed by atoms with Crippen LogP contribution in [0.3, 0.4) is 0 Å². The van der Waals surface area contributed by atoms with Crippen LogP contribution in [-0.4, -0.2) is 14.9 Å². The fourth-order valence-electron chi connectivity index (χ4n) is 1.79. The molecule has 5 heteroatoms. The highest BCUT2D eigenvalue weighted by Gasteiger charge is 2.10. The van der Waals surface area contributed by atoms with Crippen LogP contribution in [0.2, 0.25) is 0 Å². The Morgan fingerprint density at radius 2 is 2.26 bits per heavy atom. The van der Waals surface area contributed by atoms with Crippen LogP contribution in [0.1, 0.15) is 31.1 Å². The minimum Gasteiger partial charge on any atom is -0.488 e. The van der Waals surface area contributed by atoms with Crippen molar-refractivity contribution in [1.82, 2.24) is 9.78 Å². The summed E-state index contributed by atoms with van der Waals surface area (Å²) in [4.78, 5) is 0. The van der Waals surface area contributed by atoms with Crippen molar-refractivity contribution in [3.8, 4) is 5.75 Å². The Labute approximate surface area is 121 Å². The summed E-state index contributed by atoms with van der Waals surface area (Å²) in [5, 5.41) is 13.9. The molecule has 1 atom stereocenters. The molecule has 0 aliphatic rings. The monoisotopic (exact) mass is 324 g/mol. The Hall–Kier alpha value is -1.33. The molecule has 1 aromatic heterocycles. The van der Waals surface area contributed by atoms with E-state index in [2.05, 4.69) is 21.0 Å². The molecule has 19 heavy (non-hydrogen) atoms. The van der Waals surface area contributed by atoms with E-state index in [9.17, 15) is 5.11 Å². The van der Waals surface area contributed by atoms with E-state index in [-0.39, 0.29) is 0 Å². The Kier molecular flexibility index (Phi) is 4.61. The summed E-state index contributed by atoms with van der Waals surface area (Å²) in [6, 6.07) is 5.62. The lowest BCUT2D eigenvalue weighted by Gasteiger charge is -2.13. The van der Waals surface area contributed by atoms with Crippen molar-refractivity contribution in [3.05, 3.63) is 46.2 Å². The van der Waals surface area contributed by atoms with Gasteiger partial charge < -0.3 is 9.84 Å². The second-order valence-electron chi connectivity index (χ2n) is 4.35. The van der Waals surface area contributed by atoms with Crippen LogP contribution in [-0.2, 0) is 13.2 Å². The molecule has 1 N–H and O–H groups in total. The summed E-state index contributed by atoms with van der Waals surface area (Å²) >= 11 is 3.41. The molecule has 0 fully saturated rings. The largest absolute Gasteiger partial charge is 0.488 e.